The summed E-state index contributed by atoms with van der Waals surface area (Å²) in [6.07, 6.45) is 16.5. The average molecular weight is 955 g/mol. The number of halogens is 4. The maximum atomic E-state index is 12.8. The molecule has 1 aliphatic carbocycles. The third-order valence-electron chi connectivity index (χ3n) is 9.04. The molecule has 1 spiro atoms. The van der Waals surface area contributed by atoms with Crippen LogP contribution >= 0.6 is 63.7 Å². The fourth-order valence-corrected chi connectivity index (χ4v) is 9.37. The third-order valence-corrected chi connectivity index (χ3v) is 11.6. The highest BCUT2D eigenvalue weighted by atomic mass is 79.9. The quantitative estimate of drug-likeness (QED) is 0.0942. The Morgan fingerprint density at radius 3 is 2.32 bits per heavy atom. The maximum absolute atomic E-state index is 12.8. The minimum Gasteiger partial charge on any atom is -0.495 e. The zero-order valence-electron chi connectivity index (χ0n) is 29.6. The van der Waals surface area contributed by atoms with Crippen molar-refractivity contribution < 1.29 is 29.0 Å². The van der Waals surface area contributed by atoms with Gasteiger partial charge in [0.2, 0.25) is 5.91 Å². The van der Waals surface area contributed by atoms with Gasteiger partial charge in [-0.15, -0.1) is 0 Å². The molecule has 3 rings (SSSR count). The number of hydrogen-bond donors (Lipinski definition) is 3. The molecule has 280 valence electrons. The molecule has 0 fully saturated rings. The first-order valence-corrected chi connectivity index (χ1v) is 21.1. The minimum absolute atomic E-state index is 0.104. The van der Waals surface area contributed by atoms with Crippen molar-refractivity contribution >= 4 is 81.2 Å². The van der Waals surface area contributed by atoms with Crippen LogP contribution in [-0.2, 0) is 25.6 Å². The Balaban J connectivity index is 1.26. The van der Waals surface area contributed by atoms with Crippen molar-refractivity contribution in [3.63, 3.8) is 0 Å². The maximum Gasteiger partial charge on any atom is 0.269 e. The Bertz CT molecular complexity index is 1350. The molecule has 3 unspecified atom stereocenters. The van der Waals surface area contributed by atoms with Crippen molar-refractivity contribution in [1.29, 1.82) is 0 Å². The van der Waals surface area contributed by atoms with E-state index >= 15 is 0 Å². The Labute approximate surface area is 331 Å². The molecule has 3 atom stereocenters. The minimum atomic E-state index is -1.20. The zero-order valence-corrected chi connectivity index (χ0v) is 35.9. The Morgan fingerprint density at radius 1 is 0.980 bits per heavy atom. The molecule has 0 saturated heterocycles. The number of allylic oxidation sites excluding steroid dienone is 1. The van der Waals surface area contributed by atoms with Crippen LogP contribution in [-0.4, -0.2) is 61.1 Å². The van der Waals surface area contributed by atoms with Crippen LogP contribution in [0.15, 0.2) is 47.0 Å². The van der Waals surface area contributed by atoms with Crippen LogP contribution in [0.2, 0.25) is 0 Å². The van der Waals surface area contributed by atoms with Crippen molar-refractivity contribution in [2.75, 3.05) is 26.8 Å². The molecule has 3 N–H and O–H groups in total. The molecule has 2 aliphatic rings. The van der Waals surface area contributed by atoms with Gasteiger partial charge in [0.1, 0.15) is 23.3 Å². The number of aliphatic hydroxyl groups excluding tert-OH is 1. The number of carbonyl (C=O) groups excluding carboxylic acids is 2. The van der Waals surface area contributed by atoms with E-state index in [0.29, 0.717) is 59.4 Å². The number of aliphatic hydroxyl groups is 1. The highest BCUT2D eigenvalue weighted by Gasteiger charge is 2.50. The largest absolute Gasteiger partial charge is 0.495 e. The van der Waals surface area contributed by atoms with Gasteiger partial charge in [0.25, 0.3) is 5.91 Å². The molecule has 0 saturated carbocycles. The van der Waals surface area contributed by atoms with E-state index in [4.69, 9.17) is 14.3 Å². The molecule has 1 aliphatic heterocycles. The molecular weight excluding hydrogens is 902 g/mol. The van der Waals surface area contributed by atoms with Gasteiger partial charge in [0.15, 0.2) is 5.60 Å². The van der Waals surface area contributed by atoms with Gasteiger partial charge in [-0.2, -0.15) is 0 Å². The molecule has 9 nitrogen and oxygen atoms in total. The normalized spacial score (nSPS) is 19.2. The van der Waals surface area contributed by atoms with Crippen molar-refractivity contribution in [2.45, 2.75) is 122 Å². The zero-order chi connectivity index (χ0) is 36.5. The number of nitrogens with one attached hydrogen (secondary N) is 2. The first-order valence-electron chi connectivity index (χ1n) is 17.9. The summed E-state index contributed by atoms with van der Waals surface area (Å²) in [6, 6.07) is 4.01. The van der Waals surface area contributed by atoms with Crippen LogP contribution in [0, 0.1) is 5.92 Å². The highest BCUT2D eigenvalue weighted by Crippen LogP contribution is 2.44. The van der Waals surface area contributed by atoms with Gasteiger partial charge >= 0.3 is 0 Å². The monoisotopic (exact) mass is 951 g/mol. The average Bonchev–Trinajstić information content (AvgIpc) is 3.51. The molecule has 0 aromatic heterocycles. The van der Waals surface area contributed by atoms with E-state index in [1.54, 1.807) is 6.08 Å². The van der Waals surface area contributed by atoms with Crippen LogP contribution in [0.4, 0.5) is 0 Å². The lowest BCUT2D eigenvalue weighted by Gasteiger charge is -2.33. The summed E-state index contributed by atoms with van der Waals surface area (Å²) in [5.41, 5.74) is 0.0715. The van der Waals surface area contributed by atoms with E-state index in [9.17, 15) is 14.7 Å². The summed E-state index contributed by atoms with van der Waals surface area (Å²) in [6.45, 7) is 5.98. The van der Waals surface area contributed by atoms with Gasteiger partial charge < -0.3 is 30.1 Å². The standard InChI is InChI=1S/C37H53Br4N3O6/c1-4-5-6-10-14-25(2)15-11-8-7-9-12-16-31(45)42-19-17-26-21-27(38)33(28(39)22-26)49-20-13-18-43-36(47)30-24-37(50-44-30)23-29(40)34(48-3)32(41)35(37)46/h21-23,25,35,46H,4-20,24H2,1-3H3,(H,42,45)(H,43,47). The summed E-state index contributed by atoms with van der Waals surface area (Å²) < 4.78 is 13.9. The lowest BCUT2D eigenvalue weighted by atomic mass is 9.87. The van der Waals surface area contributed by atoms with E-state index < -0.39 is 11.7 Å². The Hall–Kier alpha value is -1.41. The van der Waals surface area contributed by atoms with Gasteiger partial charge in [-0.3, -0.25) is 9.59 Å². The van der Waals surface area contributed by atoms with Crippen molar-refractivity contribution in [1.82, 2.24) is 10.6 Å². The topological polar surface area (TPSA) is 118 Å². The number of methoxy groups -OCH3 is 1. The second-order valence-electron chi connectivity index (χ2n) is 13.2. The van der Waals surface area contributed by atoms with Crippen molar-refractivity contribution in [3.05, 3.63) is 47.4 Å². The number of carbonyl (C=O) groups is 2. The van der Waals surface area contributed by atoms with Crippen LogP contribution < -0.4 is 15.4 Å². The first-order chi connectivity index (χ1) is 24.0. The molecule has 2 amide bonds. The van der Waals surface area contributed by atoms with Gasteiger partial charge in [0, 0.05) is 25.9 Å². The number of rotatable bonds is 23. The highest BCUT2D eigenvalue weighted by molar-refractivity contribution is 9.12. The molecule has 1 heterocycles. The summed E-state index contributed by atoms with van der Waals surface area (Å²) >= 11 is 14.0. The second kappa shape index (κ2) is 22.6. The molecule has 0 bridgehead atoms. The van der Waals surface area contributed by atoms with Gasteiger partial charge in [-0.25, -0.2) is 0 Å². The summed E-state index contributed by atoms with van der Waals surface area (Å²) in [4.78, 5) is 30.7. The van der Waals surface area contributed by atoms with E-state index in [2.05, 4.69) is 93.4 Å². The van der Waals surface area contributed by atoms with Gasteiger partial charge in [-0.05, 0) is 113 Å². The predicted molar refractivity (Wildman–Crippen MR) is 214 cm³/mol. The Morgan fingerprint density at radius 2 is 1.64 bits per heavy atom. The fourth-order valence-electron chi connectivity index (χ4n) is 6.07. The lowest BCUT2D eigenvalue weighted by Crippen LogP contribution is -2.45. The van der Waals surface area contributed by atoms with E-state index in [1.807, 2.05) is 12.1 Å². The predicted octanol–water partition coefficient (Wildman–Crippen LogP) is 9.51. The van der Waals surface area contributed by atoms with Gasteiger partial charge in [-0.1, -0.05) is 83.2 Å². The summed E-state index contributed by atoms with van der Waals surface area (Å²) in [7, 11) is 1.50. The molecular formula is C37H53Br4N3O6. The number of amides is 2. The number of nitrogens with zero attached hydrogens (tertiary/aromatic N) is 1. The molecule has 0 radical (unpaired) electrons. The Kier molecular flexibility index (Phi) is 19.4. The third kappa shape index (κ3) is 13.5. The number of unbranched alkanes of at least 4 members (excludes halogenated alkanes) is 7. The van der Waals surface area contributed by atoms with Gasteiger partial charge in [0.05, 0.1) is 31.6 Å². The van der Waals surface area contributed by atoms with Crippen LogP contribution in [0.25, 0.3) is 0 Å². The molecule has 1 aromatic carbocycles. The van der Waals surface area contributed by atoms with Crippen molar-refractivity contribution in [2.24, 2.45) is 11.1 Å². The fraction of sp³-hybridized carbons (Fsp3) is 0.649. The molecule has 50 heavy (non-hydrogen) atoms. The van der Waals surface area contributed by atoms with E-state index in [0.717, 1.165) is 33.3 Å². The van der Waals surface area contributed by atoms with Crippen LogP contribution in [0.3, 0.4) is 0 Å². The molecule has 1 aromatic rings. The van der Waals surface area contributed by atoms with E-state index in [1.165, 1.54) is 64.9 Å². The number of ether oxygens (including phenoxy) is 2. The smallest absolute Gasteiger partial charge is 0.269 e. The van der Waals surface area contributed by atoms with Crippen molar-refractivity contribution in [3.8, 4) is 5.75 Å². The second-order valence-corrected chi connectivity index (χ2v) is 16.7. The van der Waals surface area contributed by atoms with Crippen LogP contribution in [0.5, 0.6) is 5.75 Å². The lowest BCUT2D eigenvalue weighted by molar-refractivity contribution is -0.121. The van der Waals surface area contributed by atoms with E-state index in [-0.39, 0.29) is 23.9 Å². The number of oxime groups is 1. The number of benzene rings is 1. The summed E-state index contributed by atoms with van der Waals surface area (Å²) in [5.74, 6) is 1.73. The SMILES string of the molecule is CCCCCCC(C)CCCCCCCC(=O)NCCc1cc(Br)c(OCCCNC(=O)C2=NOC3(C=C(Br)C(OC)=C(Br)C3O)C2)c(Br)c1. The molecule has 13 heteroatoms. The van der Waals surface area contributed by atoms with Crippen LogP contribution in [0.1, 0.15) is 109 Å². The summed E-state index contributed by atoms with van der Waals surface area (Å²) in [5, 5.41) is 20.7. The first kappa shape index (κ1) is 43.0. The number of hydrogen-bond acceptors (Lipinski definition) is 7.